The van der Waals surface area contributed by atoms with Gasteiger partial charge in [-0.2, -0.15) is 5.82 Å². The first kappa shape index (κ1) is 14.1. The van der Waals surface area contributed by atoms with Crippen LogP contribution in [-0.4, -0.2) is 12.0 Å². The van der Waals surface area contributed by atoms with Gasteiger partial charge in [0.15, 0.2) is 0 Å². The largest absolute Gasteiger partial charge is 1.00 e. The van der Waals surface area contributed by atoms with E-state index in [9.17, 15) is 17.3 Å². The molecule has 0 aromatic carbocycles. The first-order valence-corrected chi connectivity index (χ1v) is 3.31. The van der Waals surface area contributed by atoms with E-state index in [0.717, 1.165) is 24.1 Å². The molecule has 0 aliphatic carbocycles. The molecular weight excluding hydrogens is 224 g/mol. The van der Waals surface area contributed by atoms with E-state index < -0.39 is 12.8 Å². The molecule has 0 radical (unpaired) electrons. The predicted octanol–water partition coefficient (Wildman–Crippen LogP) is -1.04. The minimum absolute atomic E-state index is 0. The molecule has 1 aromatic heterocycles. The van der Waals surface area contributed by atoms with E-state index in [1.54, 1.807) is 5.92 Å². The van der Waals surface area contributed by atoms with E-state index in [1.807, 2.05) is 0 Å². The Morgan fingerprint density at radius 2 is 1.86 bits per heavy atom. The molecule has 0 aliphatic heterocycles. The maximum atomic E-state index is 12.2. The molecule has 0 saturated carbocycles. The SMILES string of the molecule is Fc1ccc(C#C[B-](F)(F)F)nc1.[K+]. The first-order valence-electron chi connectivity index (χ1n) is 3.31. The molecular formula is C7H3BF4KN. The van der Waals surface area contributed by atoms with Crippen LogP contribution in [0.5, 0.6) is 0 Å². The second kappa shape index (κ2) is 5.88. The molecule has 1 rings (SSSR count). The standard InChI is InChI=1S/C7H3BF4N.K/c9-6-1-2-7(13-5-6)3-4-8(10,11)12;/h1-2,5H;/q-1;+1. The van der Waals surface area contributed by atoms with Crippen LogP contribution in [0.3, 0.4) is 0 Å². The zero-order chi connectivity index (χ0) is 9.90. The Balaban J connectivity index is 0.00000169. The number of nitrogens with zero attached hydrogens (tertiary/aromatic N) is 1. The summed E-state index contributed by atoms with van der Waals surface area (Å²) in [6.45, 7) is -5.13. The van der Waals surface area contributed by atoms with Crippen molar-refractivity contribution >= 4 is 6.98 Å². The Bertz CT molecular complexity index is 351. The van der Waals surface area contributed by atoms with Gasteiger partial charge in [0, 0.05) is 0 Å². The van der Waals surface area contributed by atoms with Gasteiger partial charge in [-0.05, 0) is 12.1 Å². The second-order valence-corrected chi connectivity index (χ2v) is 2.21. The van der Waals surface area contributed by atoms with Crippen LogP contribution in [0.25, 0.3) is 0 Å². The second-order valence-electron chi connectivity index (χ2n) is 2.21. The molecule has 0 atom stereocenters. The molecule has 0 saturated heterocycles. The molecule has 7 heteroatoms. The van der Waals surface area contributed by atoms with Gasteiger partial charge >= 0.3 is 58.4 Å². The van der Waals surface area contributed by atoms with Crippen LogP contribution < -0.4 is 51.4 Å². The number of hydrogen-bond donors (Lipinski definition) is 0. The van der Waals surface area contributed by atoms with Gasteiger partial charge in [-0.1, -0.05) is 5.92 Å². The minimum atomic E-state index is -5.13. The van der Waals surface area contributed by atoms with Gasteiger partial charge in [-0.3, -0.25) is 0 Å². The average Bonchev–Trinajstić information content (AvgIpc) is 2.02. The van der Waals surface area contributed by atoms with Crippen molar-refractivity contribution in [1.82, 2.24) is 4.98 Å². The molecule has 14 heavy (non-hydrogen) atoms. The molecule has 0 fully saturated rings. The van der Waals surface area contributed by atoms with Crippen molar-refractivity contribution in [2.75, 3.05) is 0 Å². The summed E-state index contributed by atoms with van der Waals surface area (Å²) in [6.07, 6.45) is 0.813. The van der Waals surface area contributed by atoms with Crippen molar-refractivity contribution in [3.8, 4) is 11.7 Å². The van der Waals surface area contributed by atoms with Crippen molar-refractivity contribution < 1.29 is 68.7 Å². The van der Waals surface area contributed by atoms with Gasteiger partial charge in [-0.25, -0.2) is 9.37 Å². The monoisotopic (exact) mass is 227 g/mol. The third-order valence-electron chi connectivity index (χ3n) is 1.09. The fourth-order valence-electron chi connectivity index (χ4n) is 0.606. The van der Waals surface area contributed by atoms with Crippen LogP contribution in [0.15, 0.2) is 18.3 Å². The Labute approximate surface area is 121 Å². The van der Waals surface area contributed by atoms with E-state index in [2.05, 4.69) is 4.98 Å². The summed E-state index contributed by atoms with van der Waals surface area (Å²) in [7, 11) is 0. The Morgan fingerprint density at radius 1 is 1.21 bits per heavy atom. The Morgan fingerprint density at radius 3 is 2.29 bits per heavy atom. The molecule has 0 bridgehead atoms. The van der Waals surface area contributed by atoms with E-state index >= 15 is 0 Å². The third-order valence-corrected chi connectivity index (χ3v) is 1.09. The quantitative estimate of drug-likeness (QED) is 0.313. The van der Waals surface area contributed by atoms with Crippen LogP contribution in [0.2, 0.25) is 0 Å². The number of halogens is 4. The summed E-state index contributed by atoms with van der Waals surface area (Å²) >= 11 is 0. The summed E-state index contributed by atoms with van der Waals surface area (Å²) in [5.74, 6) is 2.26. The summed E-state index contributed by atoms with van der Waals surface area (Å²) in [5.41, 5.74) is -0.0967. The van der Waals surface area contributed by atoms with Crippen molar-refractivity contribution in [2.45, 2.75) is 0 Å². The fraction of sp³-hybridized carbons (Fsp3) is 0. The van der Waals surface area contributed by atoms with Crippen molar-refractivity contribution in [3.63, 3.8) is 0 Å². The van der Waals surface area contributed by atoms with Crippen LogP contribution in [0.4, 0.5) is 17.3 Å². The molecule has 68 valence electrons. The number of rotatable bonds is 0. The van der Waals surface area contributed by atoms with Gasteiger partial charge in [0.1, 0.15) is 11.5 Å². The van der Waals surface area contributed by atoms with Gasteiger partial charge in [0.25, 0.3) is 0 Å². The van der Waals surface area contributed by atoms with Crippen LogP contribution in [-0.2, 0) is 0 Å². The zero-order valence-electron chi connectivity index (χ0n) is 7.27. The topological polar surface area (TPSA) is 12.9 Å². The maximum absolute atomic E-state index is 12.2. The third kappa shape index (κ3) is 5.78. The molecule has 0 aliphatic rings. The smallest absolute Gasteiger partial charge is 0.438 e. The molecule has 1 nitrogen and oxygen atoms in total. The van der Waals surface area contributed by atoms with Gasteiger partial charge in [0.2, 0.25) is 0 Å². The van der Waals surface area contributed by atoms with E-state index in [-0.39, 0.29) is 57.1 Å². The fourth-order valence-corrected chi connectivity index (χ4v) is 0.606. The number of pyridine rings is 1. The van der Waals surface area contributed by atoms with Crippen LogP contribution >= 0.6 is 0 Å². The van der Waals surface area contributed by atoms with E-state index in [4.69, 9.17) is 0 Å². The van der Waals surface area contributed by atoms with Gasteiger partial charge in [0.05, 0.1) is 6.20 Å². The molecule has 1 heterocycles. The molecule has 0 unspecified atom stereocenters. The zero-order valence-corrected chi connectivity index (χ0v) is 10.4. The molecule has 0 N–H and O–H groups in total. The normalized spacial score (nSPS) is 9.71. The molecule has 1 aromatic rings. The van der Waals surface area contributed by atoms with Crippen LogP contribution in [0, 0.1) is 17.6 Å². The summed E-state index contributed by atoms with van der Waals surface area (Å²) in [6, 6.07) is 2.09. The first-order chi connectivity index (χ1) is 5.97. The summed E-state index contributed by atoms with van der Waals surface area (Å²) < 4.78 is 47.1. The van der Waals surface area contributed by atoms with Crippen molar-refractivity contribution in [1.29, 1.82) is 0 Å². The maximum Gasteiger partial charge on any atom is 1.00 e. The van der Waals surface area contributed by atoms with E-state index in [0.29, 0.717) is 0 Å². The Kier molecular flexibility index (Phi) is 5.93. The van der Waals surface area contributed by atoms with E-state index in [1.165, 1.54) is 0 Å². The molecule has 0 spiro atoms. The van der Waals surface area contributed by atoms with Crippen LogP contribution in [0.1, 0.15) is 5.69 Å². The predicted molar refractivity (Wildman–Crippen MR) is 40.2 cm³/mol. The van der Waals surface area contributed by atoms with Crippen molar-refractivity contribution in [3.05, 3.63) is 29.8 Å². The van der Waals surface area contributed by atoms with Gasteiger partial charge in [-0.15, -0.1) is 0 Å². The molecule has 0 amide bonds. The number of hydrogen-bond acceptors (Lipinski definition) is 1. The Hall–Kier alpha value is 0.131. The van der Waals surface area contributed by atoms with Gasteiger partial charge < -0.3 is 12.9 Å². The number of aromatic nitrogens is 1. The van der Waals surface area contributed by atoms with Crippen molar-refractivity contribution in [2.24, 2.45) is 0 Å². The summed E-state index contributed by atoms with van der Waals surface area (Å²) in [4.78, 5) is 3.34. The summed E-state index contributed by atoms with van der Waals surface area (Å²) in [5, 5.41) is 0. The minimum Gasteiger partial charge on any atom is -0.438 e. The average molecular weight is 227 g/mol.